The van der Waals surface area contributed by atoms with Gasteiger partial charge in [0.05, 0.1) is 11.3 Å². The van der Waals surface area contributed by atoms with Gasteiger partial charge in [-0.05, 0) is 19.4 Å². The molecule has 0 aliphatic rings. The molecule has 6 heteroatoms. The molecule has 2 heterocycles. The Hall–Kier alpha value is -1.75. The first-order valence-corrected chi connectivity index (χ1v) is 6.06. The zero-order chi connectivity index (χ0) is 13.1. The van der Waals surface area contributed by atoms with Gasteiger partial charge in [-0.1, -0.05) is 18.5 Å². The number of aldehydes is 1. The van der Waals surface area contributed by atoms with Crippen LogP contribution in [0.2, 0.25) is 5.15 Å². The average molecular weight is 265 g/mol. The van der Waals surface area contributed by atoms with Gasteiger partial charge in [0.25, 0.3) is 0 Å². The third kappa shape index (κ3) is 2.26. The van der Waals surface area contributed by atoms with Crippen LogP contribution < -0.4 is 0 Å². The van der Waals surface area contributed by atoms with Crippen LogP contribution in [-0.2, 0) is 6.54 Å². The van der Waals surface area contributed by atoms with Crippen molar-refractivity contribution in [1.82, 2.24) is 19.7 Å². The summed E-state index contributed by atoms with van der Waals surface area (Å²) in [5.41, 5.74) is 1.62. The molecular formula is C12H13ClN4O. The fourth-order valence-electron chi connectivity index (χ4n) is 1.77. The van der Waals surface area contributed by atoms with Gasteiger partial charge in [0.2, 0.25) is 0 Å². The number of halogens is 1. The molecule has 0 bridgehead atoms. The van der Waals surface area contributed by atoms with Crippen LogP contribution in [-0.4, -0.2) is 26.0 Å². The predicted octanol–water partition coefficient (Wildman–Crippen LogP) is 2.52. The van der Waals surface area contributed by atoms with Crippen molar-refractivity contribution in [3.8, 4) is 11.4 Å². The first-order valence-electron chi connectivity index (χ1n) is 5.68. The molecule has 0 unspecified atom stereocenters. The molecule has 0 amide bonds. The van der Waals surface area contributed by atoms with E-state index in [1.54, 1.807) is 13.1 Å². The highest BCUT2D eigenvalue weighted by Gasteiger charge is 2.16. The number of carbonyl (C=O) groups excluding carboxylic acids is 1. The van der Waals surface area contributed by atoms with Crippen LogP contribution in [0.3, 0.4) is 0 Å². The SMILES string of the molecule is CCCn1nccc1-c1nc(C)nc(Cl)c1C=O. The van der Waals surface area contributed by atoms with Crippen LogP contribution in [0.15, 0.2) is 12.3 Å². The molecule has 0 atom stereocenters. The second kappa shape index (κ2) is 5.27. The van der Waals surface area contributed by atoms with Gasteiger partial charge in [0.1, 0.15) is 16.7 Å². The Morgan fingerprint density at radius 3 is 2.89 bits per heavy atom. The summed E-state index contributed by atoms with van der Waals surface area (Å²) < 4.78 is 1.81. The van der Waals surface area contributed by atoms with E-state index < -0.39 is 0 Å². The maximum Gasteiger partial charge on any atom is 0.155 e. The van der Waals surface area contributed by atoms with E-state index in [0.717, 1.165) is 18.7 Å². The van der Waals surface area contributed by atoms with Crippen molar-refractivity contribution in [3.63, 3.8) is 0 Å². The van der Waals surface area contributed by atoms with Crippen molar-refractivity contribution in [3.05, 3.63) is 28.8 Å². The number of hydrogen-bond donors (Lipinski definition) is 0. The highest BCUT2D eigenvalue weighted by molar-refractivity contribution is 6.32. The average Bonchev–Trinajstić information content (AvgIpc) is 2.76. The lowest BCUT2D eigenvalue weighted by Crippen LogP contribution is -2.06. The van der Waals surface area contributed by atoms with Gasteiger partial charge in [0, 0.05) is 12.7 Å². The van der Waals surface area contributed by atoms with Gasteiger partial charge in [-0.15, -0.1) is 0 Å². The van der Waals surface area contributed by atoms with Gasteiger partial charge in [-0.3, -0.25) is 9.48 Å². The quantitative estimate of drug-likeness (QED) is 0.629. The molecule has 18 heavy (non-hydrogen) atoms. The number of aryl methyl sites for hydroxylation is 2. The zero-order valence-corrected chi connectivity index (χ0v) is 11.0. The molecule has 0 fully saturated rings. The van der Waals surface area contributed by atoms with Crippen LogP contribution in [0.25, 0.3) is 11.4 Å². The predicted molar refractivity (Wildman–Crippen MR) is 68.7 cm³/mol. The van der Waals surface area contributed by atoms with Crippen LogP contribution in [0.1, 0.15) is 29.5 Å². The van der Waals surface area contributed by atoms with E-state index in [1.807, 2.05) is 10.7 Å². The Labute approximate surface area is 110 Å². The maximum absolute atomic E-state index is 11.1. The smallest absolute Gasteiger partial charge is 0.155 e. The largest absolute Gasteiger partial charge is 0.298 e. The first-order chi connectivity index (χ1) is 8.67. The summed E-state index contributed by atoms with van der Waals surface area (Å²) in [6.45, 7) is 4.57. The van der Waals surface area contributed by atoms with Crippen molar-refractivity contribution in [1.29, 1.82) is 0 Å². The van der Waals surface area contributed by atoms with Crippen molar-refractivity contribution in [2.75, 3.05) is 0 Å². The molecule has 5 nitrogen and oxygen atoms in total. The summed E-state index contributed by atoms with van der Waals surface area (Å²) in [5.74, 6) is 0.532. The molecule has 2 rings (SSSR count). The van der Waals surface area contributed by atoms with E-state index in [9.17, 15) is 4.79 Å². The monoisotopic (exact) mass is 264 g/mol. The molecule has 0 spiro atoms. The van der Waals surface area contributed by atoms with Crippen molar-refractivity contribution >= 4 is 17.9 Å². The highest BCUT2D eigenvalue weighted by Crippen LogP contribution is 2.25. The fourth-order valence-corrected chi connectivity index (χ4v) is 2.03. The standard InChI is InChI=1S/C12H13ClN4O/c1-3-6-17-10(4-5-14-17)11-9(7-18)12(13)16-8(2)15-11/h4-5,7H,3,6H2,1-2H3. The zero-order valence-electron chi connectivity index (χ0n) is 10.2. The lowest BCUT2D eigenvalue weighted by atomic mass is 10.2. The normalized spacial score (nSPS) is 10.6. The number of nitrogens with zero attached hydrogens (tertiary/aromatic N) is 4. The Kier molecular flexibility index (Phi) is 3.72. The third-order valence-corrected chi connectivity index (χ3v) is 2.81. The Morgan fingerprint density at radius 2 is 2.22 bits per heavy atom. The minimum atomic E-state index is 0.178. The van der Waals surface area contributed by atoms with E-state index in [2.05, 4.69) is 22.0 Å². The molecular weight excluding hydrogens is 252 g/mol. The highest BCUT2D eigenvalue weighted by atomic mass is 35.5. The van der Waals surface area contributed by atoms with E-state index >= 15 is 0 Å². The molecule has 0 aliphatic heterocycles. The summed E-state index contributed by atoms with van der Waals surface area (Å²) in [6, 6.07) is 1.82. The number of carbonyl (C=O) groups is 1. The Bertz CT molecular complexity index is 579. The van der Waals surface area contributed by atoms with Gasteiger partial charge in [-0.2, -0.15) is 5.10 Å². The lowest BCUT2D eigenvalue weighted by Gasteiger charge is -2.09. The van der Waals surface area contributed by atoms with Crippen LogP contribution in [0.4, 0.5) is 0 Å². The topological polar surface area (TPSA) is 60.7 Å². The Morgan fingerprint density at radius 1 is 1.44 bits per heavy atom. The fraction of sp³-hybridized carbons (Fsp3) is 0.333. The summed E-state index contributed by atoms with van der Waals surface area (Å²) in [6.07, 6.45) is 3.31. The van der Waals surface area contributed by atoms with Crippen LogP contribution >= 0.6 is 11.6 Å². The molecule has 0 N–H and O–H groups in total. The number of rotatable bonds is 4. The van der Waals surface area contributed by atoms with Crippen LogP contribution in [0, 0.1) is 6.92 Å². The van der Waals surface area contributed by atoms with Crippen molar-refractivity contribution < 1.29 is 4.79 Å². The molecule has 0 aromatic carbocycles. The second-order valence-corrected chi connectivity index (χ2v) is 4.24. The molecule has 0 aliphatic carbocycles. The summed E-state index contributed by atoms with van der Waals surface area (Å²) >= 11 is 5.97. The molecule has 2 aromatic rings. The number of aromatic nitrogens is 4. The molecule has 0 saturated carbocycles. The van der Waals surface area contributed by atoms with E-state index in [-0.39, 0.29) is 5.15 Å². The summed E-state index contributed by atoms with van der Waals surface area (Å²) in [7, 11) is 0. The molecule has 2 aromatic heterocycles. The van der Waals surface area contributed by atoms with E-state index in [1.165, 1.54) is 0 Å². The second-order valence-electron chi connectivity index (χ2n) is 3.88. The Balaban J connectivity index is 2.62. The molecule has 0 saturated heterocycles. The van der Waals surface area contributed by atoms with Crippen molar-refractivity contribution in [2.45, 2.75) is 26.8 Å². The third-order valence-electron chi connectivity index (χ3n) is 2.52. The first kappa shape index (κ1) is 12.7. The van der Waals surface area contributed by atoms with Gasteiger partial charge < -0.3 is 0 Å². The summed E-state index contributed by atoms with van der Waals surface area (Å²) in [4.78, 5) is 19.4. The van der Waals surface area contributed by atoms with Crippen LogP contribution in [0.5, 0.6) is 0 Å². The van der Waals surface area contributed by atoms with Crippen molar-refractivity contribution in [2.24, 2.45) is 0 Å². The minimum absolute atomic E-state index is 0.178. The number of hydrogen-bond acceptors (Lipinski definition) is 4. The van der Waals surface area contributed by atoms with Gasteiger partial charge in [0.15, 0.2) is 6.29 Å². The van der Waals surface area contributed by atoms with E-state index in [4.69, 9.17) is 11.6 Å². The molecule has 94 valence electrons. The van der Waals surface area contributed by atoms with Gasteiger partial charge in [-0.25, -0.2) is 9.97 Å². The molecule has 0 radical (unpaired) electrons. The minimum Gasteiger partial charge on any atom is -0.298 e. The van der Waals surface area contributed by atoms with E-state index in [0.29, 0.717) is 23.4 Å². The van der Waals surface area contributed by atoms with Gasteiger partial charge >= 0.3 is 0 Å². The maximum atomic E-state index is 11.1. The summed E-state index contributed by atoms with van der Waals surface area (Å²) in [5, 5.41) is 4.39. The lowest BCUT2D eigenvalue weighted by molar-refractivity contribution is 0.112.